The first kappa shape index (κ1) is 18.4. The van der Waals surface area contributed by atoms with Crippen LogP contribution < -0.4 is 9.64 Å². The van der Waals surface area contributed by atoms with Crippen LogP contribution in [0.4, 0.5) is 5.69 Å². The Hall–Kier alpha value is -2.96. The Kier molecular flexibility index (Phi) is 4.75. The van der Waals surface area contributed by atoms with Gasteiger partial charge in [0.05, 0.1) is 25.8 Å². The Morgan fingerprint density at radius 2 is 1.86 bits per heavy atom. The number of rotatable bonds is 6. The highest BCUT2D eigenvalue weighted by atomic mass is 32.1. The van der Waals surface area contributed by atoms with Crippen LogP contribution in [0.1, 0.15) is 27.2 Å². The molecule has 1 N–H and O–H groups in total. The van der Waals surface area contributed by atoms with E-state index >= 15 is 0 Å². The van der Waals surface area contributed by atoms with Crippen molar-refractivity contribution in [1.82, 2.24) is 0 Å². The smallest absolute Gasteiger partial charge is 0.264 e. The van der Waals surface area contributed by atoms with E-state index in [9.17, 15) is 14.7 Å². The van der Waals surface area contributed by atoms with Crippen molar-refractivity contribution in [2.45, 2.75) is 18.6 Å². The summed E-state index contributed by atoms with van der Waals surface area (Å²) in [5, 5.41) is 13.3. The third-order valence-electron chi connectivity index (χ3n) is 4.96. The number of aliphatic hydroxyl groups is 1. The molecule has 0 unspecified atom stereocenters. The van der Waals surface area contributed by atoms with E-state index in [-0.39, 0.29) is 12.2 Å². The highest BCUT2D eigenvalue weighted by Gasteiger charge is 2.50. The van der Waals surface area contributed by atoms with Gasteiger partial charge < -0.3 is 14.7 Å². The first-order valence-electron chi connectivity index (χ1n) is 8.86. The van der Waals surface area contributed by atoms with E-state index in [0.717, 1.165) is 4.88 Å². The van der Waals surface area contributed by atoms with Crippen LogP contribution in [-0.4, -0.2) is 23.9 Å². The summed E-state index contributed by atoms with van der Waals surface area (Å²) >= 11 is 1.55. The minimum absolute atomic E-state index is 0.300. The first-order valence-corrected chi connectivity index (χ1v) is 9.74. The molecule has 3 aromatic rings. The number of para-hydroxylation sites is 1. The average molecular weight is 393 g/mol. The number of benzene rings is 2. The van der Waals surface area contributed by atoms with Crippen LogP contribution in [0.5, 0.6) is 5.75 Å². The monoisotopic (exact) mass is 393 g/mol. The third-order valence-corrected chi connectivity index (χ3v) is 5.82. The maximum atomic E-state index is 13.2. The number of thiophene rings is 1. The number of anilines is 1. The van der Waals surface area contributed by atoms with Gasteiger partial charge in [0.1, 0.15) is 5.75 Å². The van der Waals surface area contributed by atoms with Gasteiger partial charge in [0.15, 0.2) is 11.4 Å². The van der Waals surface area contributed by atoms with E-state index in [1.54, 1.807) is 65.8 Å². The van der Waals surface area contributed by atoms with Gasteiger partial charge in [-0.2, -0.15) is 0 Å². The molecule has 2 aromatic carbocycles. The zero-order valence-electron chi connectivity index (χ0n) is 15.3. The molecule has 0 spiro atoms. The molecule has 1 aromatic heterocycles. The van der Waals surface area contributed by atoms with Crippen LogP contribution in [-0.2, 0) is 16.9 Å². The third kappa shape index (κ3) is 3.10. The predicted molar refractivity (Wildman–Crippen MR) is 108 cm³/mol. The Labute approximate surface area is 166 Å². The molecule has 1 aliphatic heterocycles. The second-order valence-corrected chi connectivity index (χ2v) is 7.71. The molecule has 1 atom stereocenters. The van der Waals surface area contributed by atoms with Crippen LogP contribution in [0.25, 0.3) is 0 Å². The van der Waals surface area contributed by atoms with E-state index in [2.05, 4.69) is 0 Å². The molecule has 1 aliphatic rings. The molecule has 28 heavy (non-hydrogen) atoms. The summed E-state index contributed by atoms with van der Waals surface area (Å²) in [6, 6.07) is 17.6. The van der Waals surface area contributed by atoms with Gasteiger partial charge in [0.2, 0.25) is 0 Å². The second-order valence-electron chi connectivity index (χ2n) is 6.68. The first-order chi connectivity index (χ1) is 13.5. The number of methoxy groups -OCH3 is 1. The van der Waals surface area contributed by atoms with Crippen LogP contribution in [0.2, 0.25) is 0 Å². The van der Waals surface area contributed by atoms with Crippen LogP contribution in [0, 0.1) is 0 Å². The fraction of sp³-hybridized carbons (Fsp3) is 0.182. The molecule has 142 valence electrons. The number of hydrogen-bond acceptors (Lipinski definition) is 5. The van der Waals surface area contributed by atoms with Gasteiger partial charge in [0.25, 0.3) is 5.91 Å². The number of amides is 1. The summed E-state index contributed by atoms with van der Waals surface area (Å²) < 4.78 is 5.11. The number of ether oxygens (including phenoxy) is 1. The standard InChI is InChI=1S/C22H19NO4S/c1-27-16-10-8-15(9-11-16)20(24)13-22(26)18-6-2-3-7-19(18)23(21(22)25)14-17-5-4-12-28-17/h2-12,26H,13-14H2,1H3/t22-/m1/s1. The lowest BCUT2D eigenvalue weighted by atomic mass is 9.88. The normalized spacial score (nSPS) is 18.2. The fourth-order valence-electron chi connectivity index (χ4n) is 3.50. The van der Waals surface area contributed by atoms with E-state index in [4.69, 9.17) is 4.74 Å². The lowest BCUT2D eigenvalue weighted by molar-refractivity contribution is -0.136. The maximum Gasteiger partial charge on any atom is 0.264 e. The molecule has 0 saturated carbocycles. The van der Waals surface area contributed by atoms with Crippen molar-refractivity contribution in [3.05, 3.63) is 82.0 Å². The summed E-state index contributed by atoms with van der Waals surface area (Å²) in [6.07, 6.45) is -0.309. The molecule has 6 heteroatoms. The van der Waals surface area contributed by atoms with E-state index in [0.29, 0.717) is 29.1 Å². The molecular weight excluding hydrogens is 374 g/mol. The molecule has 4 rings (SSSR count). The van der Waals surface area contributed by atoms with Gasteiger partial charge in [-0.1, -0.05) is 24.3 Å². The summed E-state index contributed by atoms with van der Waals surface area (Å²) in [6.45, 7) is 0.368. The van der Waals surface area contributed by atoms with Crippen LogP contribution in [0.3, 0.4) is 0 Å². The van der Waals surface area contributed by atoms with Gasteiger partial charge in [-0.3, -0.25) is 9.59 Å². The number of ketones is 1. The van der Waals surface area contributed by atoms with Crippen molar-refractivity contribution in [3.63, 3.8) is 0 Å². The number of nitrogens with zero attached hydrogens (tertiary/aromatic N) is 1. The Morgan fingerprint density at radius 1 is 1.11 bits per heavy atom. The van der Waals surface area contributed by atoms with Crippen molar-refractivity contribution in [3.8, 4) is 5.75 Å². The lowest BCUT2D eigenvalue weighted by Gasteiger charge is -2.22. The van der Waals surface area contributed by atoms with E-state index in [1.807, 2.05) is 23.6 Å². The molecule has 0 aliphatic carbocycles. The molecule has 2 heterocycles. The Balaban J connectivity index is 1.65. The summed E-state index contributed by atoms with van der Waals surface area (Å²) in [5.41, 5.74) is -0.328. The molecule has 0 radical (unpaired) electrons. The number of fused-ring (bicyclic) bond motifs is 1. The van der Waals surface area contributed by atoms with Crippen LogP contribution in [0.15, 0.2) is 66.0 Å². The highest BCUT2D eigenvalue weighted by molar-refractivity contribution is 7.09. The fourth-order valence-corrected chi connectivity index (χ4v) is 4.20. The van der Waals surface area contributed by atoms with Crippen molar-refractivity contribution in [2.75, 3.05) is 12.0 Å². The average Bonchev–Trinajstić information content (AvgIpc) is 3.30. The Bertz CT molecular complexity index is 1010. The number of hydrogen-bond donors (Lipinski definition) is 1. The molecular formula is C22H19NO4S. The van der Waals surface area contributed by atoms with Gasteiger partial charge in [-0.25, -0.2) is 0 Å². The van der Waals surface area contributed by atoms with Gasteiger partial charge in [-0.15, -0.1) is 11.3 Å². The molecule has 5 nitrogen and oxygen atoms in total. The van der Waals surface area contributed by atoms with Crippen LogP contribution >= 0.6 is 11.3 Å². The zero-order chi connectivity index (χ0) is 19.7. The minimum atomic E-state index is -1.87. The van der Waals surface area contributed by atoms with Gasteiger partial charge in [0, 0.05) is 16.0 Å². The topological polar surface area (TPSA) is 66.8 Å². The van der Waals surface area contributed by atoms with Crippen molar-refractivity contribution in [2.24, 2.45) is 0 Å². The highest BCUT2D eigenvalue weighted by Crippen LogP contribution is 2.43. The van der Waals surface area contributed by atoms with Gasteiger partial charge in [-0.05, 0) is 41.8 Å². The quantitative estimate of drug-likeness (QED) is 0.648. The molecule has 0 fully saturated rings. The number of Topliss-reactive ketones (excluding diaryl/α,β-unsaturated/α-hetero) is 1. The van der Waals surface area contributed by atoms with Crippen molar-refractivity contribution in [1.29, 1.82) is 0 Å². The predicted octanol–water partition coefficient (Wildman–Crippen LogP) is 3.76. The number of carbonyl (C=O) groups is 2. The maximum absolute atomic E-state index is 13.2. The molecule has 0 saturated heterocycles. The zero-order valence-corrected chi connectivity index (χ0v) is 16.1. The lowest BCUT2D eigenvalue weighted by Crippen LogP contribution is -2.41. The van der Waals surface area contributed by atoms with E-state index in [1.165, 1.54) is 0 Å². The summed E-state index contributed by atoms with van der Waals surface area (Å²) in [7, 11) is 1.55. The van der Waals surface area contributed by atoms with E-state index < -0.39 is 11.5 Å². The Morgan fingerprint density at radius 3 is 2.54 bits per heavy atom. The van der Waals surface area contributed by atoms with Crippen molar-refractivity contribution >= 4 is 28.7 Å². The second kappa shape index (κ2) is 7.22. The van der Waals surface area contributed by atoms with Crippen molar-refractivity contribution < 1.29 is 19.4 Å². The summed E-state index contributed by atoms with van der Waals surface area (Å²) in [5.74, 6) is -0.130. The van der Waals surface area contributed by atoms with Gasteiger partial charge >= 0.3 is 0 Å². The molecule has 0 bridgehead atoms. The largest absolute Gasteiger partial charge is 0.497 e. The SMILES string of the molecule is COc1ccc(C(=O)C[C@]2(O)C(=O)N(Cc3cccs3)c3ccccc32)cc1. The summed E-state index contributed by atoms with van der Waals surface area (Å²) in [4.78, 5) is 28.6. The molecule has 1 amide bonds. The number of carbonyl (C=O) groups excluding carboxylic acids is 2. The minimum Gasteiger partial charge on any atom is -0.497 e.